The molecule has 5 atom stereocenters. The van der Waals surface area contributed by atoms with Crippen LogP contribution in [0.25, 0.3) is 10.4 Å². The Bertz CT molecular complexity index is 1900. The lowest BCUT2D eigenvalue weighted by molar-refractivity contribution is -0.128. The molecule has 288 valence electrons. The number of phosphoric acid groups is 3. The van der Waals surface area contributed by atoms with Gasteiger partial charge in [0, 0.05) is 30.6 Å². The van der Waals surface area contributed by atoms with Gasteiger partial charge in [0.2, 0.25) is 5.91 Å². The highest BCUT2D eigenvalue weighted by molar-refractivity contribution is 7.66. The van der Waals surface area contributed by atoms with E-state index in [-0.39, 0.29) is 25.3 Å². The predicted molar refractivity (Wildman–Crippen MR) is 158 cm³/mol. The average Bonchev–Trinajstić information content (AvgIpc) is 3.39. The number of amides is 1. The van der Waals surface area contributed by atoms with Crippen LogP contribution >= 0.6 is 23.5 Å². The second-order valence-corrected chi connectivity index (χ2v) is 14.2. The first-order chi connectivity index (χ1) is 24.1. The quantitative estimate of drug-likeness (QED) is 0.0111. The minimum absolute atomic E-state index is 0.00878. The zero-order chi connectivity index (χ0) is 39.0. The summed E-state index contributed by atoms with van der Waals surface area (Å²) in [5.74, 6) is -10.7. The highest BCUT2D eigenvalue weighted by Crippen LogP contribution is 2.66. The standard InChI is InChI=1S/C21H25F4N8O16P3/c22-16-15(17(23)19(25)20(18(16)24)31-32-26)10(35)6-29-45-8-13(36)28-3-2-27-12-1-4-33(21(37)30-12)14-5-9(34)11(47-14)7-46-51(41,42)49-52(43,44)48-50(38,39)40/h1,4,9,11,14,29,34H,2-3,5-8H2,(H,28,36)(H,41,42)(H,43,44)(H,27,30,37)(H2,38,39,40)/t9-,11+,14+/m0/s1. The summed E-state index contributed by atoms with van der Waals surface area (Å²) < 4.78 is 108. The number of hydroxylamine groups is 1. The molecule has 2 heterocycles. The fourth-order valence-electron chi connectivity index (χ4n) is 4.00. The number of hydrogen-bond donors (Lipinski definition) is 8. The number of carbonyl (C=O) groups is 2. The molecule has 52 heavy (non-hydrogen) atoms. The number of Topliss-reactive ketones (excluding diaryl/α,β-unsaturated/α-hetero) is 1. The maximum atomic E-state index is 14.1. The van der Waals surface area contributed by atoms with Crippen molar-refractivity contribution < 1.29 is 88.2 Å². The van der Waals surface area contributed by atoms with Gasteiger partial charge in [0.05, 0.1) is 24.8 Å². The summed E-state index contributed by atoms with van der Waals surface area (Å²) in [6.07, 6.45) is -3.10. The Morgan fingerprint density at radius 2 is 1.71 bits per heavy atom. The molecule has 0 spiro atoms. The van der Waals surface area contributed by atoms with Crippen molar-refractivity contribution in [3.8, 4) is 0 Å². The lowest BCUT2D eigenvalue weighted by atomic mass is 10.1. The van der Waals surface area contributed by atoms with Crippen molar-refractivity contribution in [3.63, 3.8) is 0 Å². The van der Waals surface area contributed by atoms with Gasteiger partial charge >= 0.3 is 29.2 Å². The maximum Gasteiger partial charge on any atom is 0.490 e. The number of rotatable bonds is 19. The van der Waals surface area contributed by atoms with Gasteiger partial charge in [-0.3, -0.25) is 23.5 Å². The summed E-state index contributed by atoms with van der Waals surface area (Å²) in [4.78, 5) is 82.8. The summed E-state index contributed by atoms with van der Waals surface area (Å²) in [5.41, 5.74) is 6.00. The van der Waals surface area contributed by atoms with Crippen LogP contribution in [0.1, 0.15) is 23.0 Å². The number of aliphatic hydroxyl groups is 1. The molecule has 2 unspecified atom stereocenters. The van der Waals surface area contributed by atoms with E-state index in [4.69, 9.17) is 20.1 Å². The molecule has 0 aliphatic carbocycles. The number of aromatic nitrogens is 2. The van der Waals surface area contributed by atoms with Crippen molar-refractivity contribution in [3.05, 3.63) is 62.0 Å². The van der Waals surface area contributed by atoms with Crippen molar-refractivity contribution in [1.82, 2.24) is 20.3 Å². The van der Waals surface area contributed by atoms with Gasteiger partial charge in [-0.25, -0.2) is 36.1 Å². The number of hydrogen-bond acceptors (Lipinski definition) is 16. The Morgan fingerprint density at radius 1 is 1.06 bits per heavy atom. The van der Waals surface area contributed by atoms with Crippen LogP contribution in [-0.2, 0) is 41.2 Å². The lowest BCUT2D eigenvalue weighted by Gasteiger charge is -2.19. The maximum absolute atomic E-state index is 14.1. The smallest absolute Gasteiger partial charge is 0.390 e. The monoisotopic (exact) mass is 814 g/mol. The fraction of sp³-hybridized carbons (Fsp3) is 0.429. The summed E-state index contributed by atoms with van der Waals surface area (Å²) >= 11 is 0. The number of carbonyl (C=O) groups excluding carboxylic acids is 2. The van der Waals surface area contributed by atoms with Gasteiger partial charge in [-0.2, -0.15) is 19.1 Å². The first-order valence-electron chi connectivity index (χ1n) is 13.6. The number of benzene rings is 1. The van der Waals surface area contributed by atoms with Gasteiger partial charge in [0.1, 0.15) is 30.4 Å². The summed E-state index contributed by atoms with van der Waals surface area (Å²) in [6.45, 7) is -2.86. The minimum Gasteiger partial charge on any atom is -0.390 e. The molecule has 1 aliphatic heterocycles. The summed E-state index contributed by atoms with van der Waals surface area (Å²) in [5, 5.41) is 17.8. The number of halogens is 4. The molecule has 31 heteroatoms. The topological polar surface area (TPSA) is 352 Å². The van der Waals surface area contributed by atoms with Crippen LogP contribution < -0.4 is 21.8 Å². The second kappa shape index (κ2) is 17.9. The molecule has 1 fully saturated rings. The highest BCUT2D eigenvalue weighted by Gasteiger charge is 2.43. The molecule has 0 bridgehead atoms. The van der Waals surface area contributed by atoms with E-state index in [0.29, 0.717) is 0 Å². The van der Waals surface area contributed by atoms with E-state index >= 15 is 0 Å². The van der Waals surface area contributed by atoms with Crippen molar-refractivity contribution in [2.75, 3.05) is 38.2 Å². The van der Waals surface area contributed by atoms with E-state index in [1.54, 1.807) is 0 Å². The van der Waals surface area contributed by atoms with Gasteiger partial charge in [-0.15, -0.1) is 0 Å². The number of nitrogens with zero attached hydrogens (tertiary/aromatic N) is 5. The Balaban J connectivity index is 1.40. The Kier molecular flexibility index (Phi) is 14.7. The first-order valence-corrected chi connectivity index (χ1v) is 18.2. The summed E-state index contributed by atoms with van der Waals surface area (Å²) in [7, 11) is -16.9. The van der Waals surface area contributed by atoms with Gasteiger partial charge in [0.15, 0.2) is 29.1 Å². The third kappa shape index (κ3) is 12.2. The van der Waals surface area contributed by atoms with E-state index in [1.165, 1.54) is 12.3 Å². The third-order valence-corrected chi connectivity index (χ3v) is 9.92. The third-order valence-electron chi connectivity index (χ3n) is 6.12. The molecular formula is C21H25F4N8O16P3. The largest absolute Gasteiger partial charge is 0.490 e. The van der Waals surface area contributed by atoms with E-state index < -0.39 is 114 Å². The van der Waals surface area contributed by atoms with Crippen LogP contribution in [0.4, 0.5) is 29.1 Å². The molecule has 1 aromatic carbocycles. The molecule has 2 aromatic rings. The van der Waals surface area contributed by atoms with E-state index in [9.17, 15) is 60.5 Å². The predicted octanol–water partition coefficient (Wildman–Crippen LogP) is 0.665. The fourth-order valence-corrected chi connectivity index (χ4v) is 7.03. The van der Waals surface area contributed by atoms with Gasteiger partial charge in [-0.1, -0.05) is 5.11 Å². The molecule has 0 saturated carbocycles. The second-order valence-electron chi connectivity index (χ2n) is 9.80. The minimum atomic E-state index is -5.77. The molecule has 3 rings (SSSR count). The lowest BCUT2D eigenvalue weighted by Crippen LogP contribution is -2.35. The Hall–Kier alpha value is -3.68. The Labute approximate surface area is 285 Å². The zero-order valence-electron chi connectivity index (χ0n) is 25.4. The average molecular weight is 814 g/mol. The van der Waals surface area contributed by atoms with Gasteiger partial charge in [0.25, 0.3) is 0 Å². The summed E-state index contributed by atoms with van der Waals surface area (Å²) in [6, 6.07) is 1.29. The van der Waals surface area contributed by atoms with E-state index in [1.807, 2.05) is 10.4 Å². The van der Waals surface area contributed by atoms with Crippen LogP contribution in [0.3, 0.4) is 0 Å². The molecule has 24 nitrogen and oxygen atoms in total. The highest BCUT2D eigenvalue weighted by atomic mass is 31.3. The molecule has 1 amide bonds. The van der Waals surface area contributed by atoms with Crippen molar-refractivity contribution in [2.45, 2.75) is 24.9 Å². The number of aliphatic hydroxyl groups excluding tert-OH is 1. The SMILES string of the molecule is [N-]=[N+]=Nc1c(F)c(F)c(C(=O)CNOCC(=O)NCCNc2ccn([C@H]3C[C@H](O)[C@@H](COP(=O)(O)OP(=O)(O)OP(=O)(O)O)O3)c(=O)n2)c(F)c1F. The molecule has 0 radical (unpaired) electrons. The Morgan fingerprint density at radius 3 is 2.31 bits per heavy atom. The van der Waals surface area contributed by atoms with Gasteiger partial charge in [-0.05, 0) is 11.6 Å². The van der Waals surface area contributed by atoms with Crippen molar-refractivity contribution in [2.24, 2.45) is 5.11 Å². The van der Waals surface area contributed by atoms with E-state index in [0.717, 1.165) is 4.57 Å². The van der Waals surface area contributed by atoms with Crippen LogP contribution in [-0.4, -0.2) is 91.0 Å². The number of anilines is 1. The molecular weight excluding hydrogens is 789 g/mol. The molecule has 1 aliphatic rings. The number of phosphoric ester groups is 1. The van der Waals surface area contributed by atoms with Gasteiger partial charge < -0.3 is 40.1 Å². The van der Waals surface area contributed by atoms with Crippen molar-refractivity contribution >= 4 is 46.7 Å². The number of ketones is 1. The molecule has 1 saturated heterocycles. The van der Waals surface area contributed by atoms with Crippen LogP contribution in [0, 0.1) is 23.3 Å². The first kappa shape index (κ1) is 42.7. The van der Waals surface area contributed by atoms with Crippen LogP contribution in [0.5, 0.6) is 0 Å². The zero-order valence-corrected chi connectivity index (χ0v) is 28.1. The normalized spacial score (nSPS) is 19.7. The van der Waals surface area contributed by atoms with Crippen LogP contribution in [0.2, 0.25) is 0 Å². The van der Waals surface area contributed by atoms with Crippen LogP contribution in [0.15, 0.2) is 22.2 Å². The number of nitrogens with one attached hydrogen (secondary N) is 3. The van der Waals surface area contributed by atoms with Crippen molar-refractivity contribution in [1.29, 1.82) is 0 Å². The van der Waals surface area contributed by atoms with E-state index in [2.05, 4.69) is 38.7 Å². The molecule has 1 aromatic heterocycles. The molecule has 8 N–H and O–H groups in total. The number of ether oxygens (including phenoxy) is 1. The number of azide groups is 1.